The molecule has 2 aromatic carbocycles. The maximum absolute atomic E-state index is 10.8. The Hall–Kier alpha value is -2.89. The SMILES string of the molecule is CC(O)c1ccc(-c2ccc(CNCc3ccc(C(=O)O)cc3)o2)cc1. The minimum Gasteiger partial charge on any atom is -0.478 e. The lowest BCUT2D eigenvalue weighted by molar-refractivity contribution is 0.0697. The quantitative estimate of drug-likeness (QED) is 0.599. The van der Waals surface area contributed by atoms with E-state index in [1.54, 1.807) is 31.2 Å². The van der Waals surface area contributed by atoms with Crippen molar-refractivity contribution in [3.63, 3.8) is 0 Å². The van der Waals surface area contributed by atoms with Gasteiger partial charge >= 0.3 is 5.97 Å². The molecule has 26 heavy (non-hydrogen) atoms. The van der Waals surface area contributed by atoms with Crippen LogP contribution in [0.5, 0.6) is 0 Å². The fourth-order valence-electron chi connectivity index (χ4n) is 2.65. The monoisotopic (exact) mass is 351 g/mol. The van der Waals surface area contributed by atoms with Gasteiger partial charge in [0.2, 0.25) is 0 Å². The first-order chi connectivity index (χ1) is 12.5. The third-order valence-corrected chi connectivity index (χ3v) is 4.17. The number of furan rings is 1. The summed E-state index contributed by atoms with van der Waals surface area (Å²) < 4.78 is 5.86. The molecule has 0 saturated heterocycles. The van der Waals surface area contributed by atoms with Gasteiger partial charge in [0.15, 0.2) is 0 Å². The molecule has 0 aliphatic heterocycles. The lowest BCUT2D eigenvalue weighted by atomic mass is 10.1. The molecule has 1 unspecified atom stereocenters. The number of aliphatic hydroxyl groups is 1. The molecule has 0 aliphatic carbocycles. The number of nitrogens with one attached hydrogen (secondary N) is 1. The number of carboxylic acid groups (broad SMARTS) is 1. The molecule has 3 rings (SSSR count). The van der Waals surface area contributed by atoms with Crippen molar-refractivity contribution in [2.45, 2.75) is 26.1 Å². The van der Waals surface area contributed by atoms with E-state index in [4.69, 9.17) is 9.52 Å². The zero-order valence-corrected chi connectivity index (χ0v) is 14.5. The summed E-state index contributed by atoms with van der Waals surface area (Å²) in [6, 6.07) is 18.3. The zero-order valence-electron chi connectivity index (χ0n) is 14.5. The standard InChI is InChI=1S/C21H21NO4/c1-14(23)16-6-8-17(9-7-16)20-11-10-19(26-20)13-22-12-15-2-4-18(5-3-15)21(24)25/h2-11,14,22-23H,12-13H2,1H3,(H,24,25). The largest absolute Gasteiger partial charge is 0.478 e. The molecule has 0 radical (unpaired) electrons. The second-order valence-electron chi connectivity index (χ2n) is 6.17. The molecule has 0 spiro atoms. The third-order valence-electron chi connectivity index (χ3n) is 4.17. The molecule has 1 atom stereocenters. The fourth-order valence-corrected chi connectivity index (χ4v) is 2.65. The average molecular weight is 351 g/mol. The van der Waals surface area contributed by atoms with Crippen LogP contribution in [0.2, 0.25) is 0 Å². The maximum atomic E-state index is 10.8. The van der Waals surface area contributed by atoms with Crippen LogP contribution < -0.4 is 5.32 Å². The van der Waals surface area contributed by atoms with Gasteiger partial charge in [0, 0.05) is 12.1 Å². The predicted octanol–water partition coefficient (Wildman–Crippen LogP) is 3.99. The molecule has 0 fully saturated rings. The van der Waals surface area contributed by atoms with Crippen molar-refractivity contribution in [1.82, 2.24) is 5.32 Å². The van der Waals surface area contributed by atoms with Crippen molar-refractivity contribution in [2.75, 3.05) is 0 Å². The number of carbonyl (C=O) groups is 1. The minimum absolute atomic E-state index is 0.283. The van der Waals surface area contributed by atoms with Gasteiger partial charge < -0.3 is 19.9 Å². The number of aromatic carboxylic acids is 1. The van der Waals surface area contributed by atoms with Crippen LogP contribution in [0.25, 0.3) is 11.3 Å². The molecule has 1 heterocycles. The van der Waals surface area contributed by atoms with E-state index in [0.717, 1.165) is 28.2 Å². The molecule has 3 N–H and O–H groups in total. The van der Waals surface area contributed by atoms with Crippen molar-refractivity contribution < 1.29 is 19.4 Å². The normalized spacial score (nSPS) is 12.1. The van der Waals surface area contributed by atoms with Crippen LogP contribution in [0.15, 0.2) is 65.1 Å². The topological polar surface area (TPSA) is 82.7 Å². The predicted molar refractivity (Wildman–Crippen MR) is 98.7 cm³/mol. The molecule has 0 amide bonds. The van der Waals surface area contributed by atoms with E-state index in [0.29, 0.717) is 13.1 Å². The lowest BCUT2D eigenvalue weighted by Crippen LogP contribution is -2.12. The zero-order chi connectivity index (χ0) is 18.5. The first kappa shape index (κ1) is 17.9. The van der Waals surface area contributed by atoms with Crippen LogP contribution in [0.4, 0.5) is 0 Å². The van der Waals surface area contributed by atoms with Crippen LogP contribution in [-0.4, -0.2) is 16.2 Å². The third kappa shape index (κ3) is 4.39. The smallest absolute Gasteiger partial charge is 0.335 e. The number of hydrogen-bond acceptors (Lipinski definition) is 4. The minimum atomic E-state index is -0.922. The van der Waals surface area contributed by atoms with Gasteiger partial charge in [-0.25, -0.2) is 4.79 Å². The second kappa shape index (κ2) is 7.99. The van der Waals surface area contributed by atoms with Crippen LogP contribution in [-0.2, 0) is 13.1 Å². The van der Waals surface area contributed by atoms with Crippen molar-refractivity contribution >= 4 is 5.97 Å². The number of hydrogen-bond donors (Lipinski definition) is 3. The summed E-state index contributed by atoms with van der Waals surface area (Å²) in [7, 11) is 0. The first-order valence-electron chi connectivity index (χ1n) is 8.43. The Kier molecular flexibility index (Phi) is 5.51. The van der Waals surface area contributed by atoms with Crippen molar-refractivity contribution in [2.24, 2.45) is 0 Å². The van der Waals surface area contributed by atoms with Crippen LogP contribution in [0.1, 0.15) is 40.3 Å². The van der Waals surface area contributed by atoms with Crippen molar-refractivity contribution in [1.29, 1.82) is 0 Å². The highest BCUT2D eigenvalue weighted by molar-refractivity contribution is 5.87. The van der Waals surface area contributed by atoms with Crippen LogP contribution in [0, 0.1) is 0 Å². The summed E-state index contributed by atoms with van der Waals surface area (Å²) >= 11 is 0. The van der Waals surface area contributed by atoms with Gasteiger partial charge in [0.1, 0.15) is 11.5 Å². The Balaban J connectivity index is 1.56. The van der Waals surface area contributed by atoms with E-state index in [-0.39, 0.29) is 5.56 Å². The van der Waals surface area contributed by atoms with Gasteiger partial charge in [-0.1, -0.05) is 36.4 Å². The van der Waals surface area contributed by atoms with E-state index >= 15 is 0 Å². The summed E-state index contributed by atoms with van der Waals surface area (Å²) in [5.74, 6) is 0.681. The van der Waals surface area contributed by atoms with Crippen molar-refractivity contribution in [3.05, 3.63) is 83.1 Å². The molecule has 0 aliphatic rings. The van der Waals surface area contributed by atoms with Gasteiger partial charge in [0.25, 0.3) is 0 Å². The highest BCUT2D eigenvalue weighted by Gasteiger charge is 2.07. The number of rotatable bonds is 7. The van der Waals surface area contributed by atoms with Gasteiger partial charge in [-0.15, -0.1) is 0 Å². The summed E-state index contributed by atoms with van der Waals surface area (Å²) in [5, 5.41) is 21.7. The Morgan fingerprint density at radius 3 is 2.31 bits per heavy atom. The Bertz CT molecular complexity index is 864. The van der Waals surface area contributed by atoms with Crippen molar-refractivity contribution in [3.8, 4) is 11.3 Å². The Morgan fingerprint density at radius 2 is 1.69 bits per heavy atom. The molecular formula is C21H21NO4. The van der Waals surface area contributed by atoms with E-state index < -0.39 is 12.1 Å². The van der Waals surface area contributed by atoms with Gasteiger partial charge in [0.05, 0.1) is 18.2 Å². The van der Waals surface area contributed by atoms with Gasteiger partial charge in [-0.05, 0) is 42.3 Å². The molecule has 1 aromatic heterocycles. The average Bonchev–Trinajstić information content (AvgIpc) is 3.11. The summed E-state index contributed by atoms with van der Waals surface area (Å²) in [4.78, 5) is 10.8. The van der Waals surface area contributed by atoms with E-state index in [2.05, 4.69) is 5.32 Å². The number of carboxylic acids is 1. The molecule has 5 heteroatoms. The highest BCUT2D eigenvalue weighted by Crippen LogP contribution is 2.24. The maximum Gasteiger partial charge on any atom is 0.335 e. The summed E-state index contributed by atoms with van der Waals surface area (Å²) in [5.41, 5.74) is 3.13. The van der Waals surface area contributed by atoms with Gasteiger partial charge in [-0.2, -0.15) is 0 Å². The number of benzene rings is 2. The second-order valence-corrected chi connectivity index (χ2v) is 6.17. The molecular weight excluding hydrogens is 330 g/mol. The Labute approximate surface area is 151 Å². The Morgan fingerprint density at radius 1 is 1.00 bits per heavy atom. The summed E-state index contributed by atoms with van der Waals surface area (Å²) in [6.07, 6.45) is -0.482. The fraction of sp³-hybridized carbons (Fsp3) is 0.190. The molecule has 0 saturated carbocycles. The lowest BCUT2D eigenvalue weighted by Gasteiger charge is -2.05. The van der Waals surface area contributed by atoms with E-state index in [9.17, 15) is 9.90 Å². The summed E-state index contributed by atoms with van der Waals surface area (Å²) in [6.45, 7) is 2.94. The van der Waals surface area contributed by atoms with Crippen LogP contribution in [0.3, 0.4) is 0 Å². The number of aliphatic hydroxyl groups excluding tert-OH is 1. The first-order valence-corrected chi connectivity index (χ1v) is 8.43. The van der Waals surface area contributed by atoms with E-state index in [1.165, 1.54) is 0 Å². The van der Waals surface area contributed by atoms with Gasteiger partial charge in [-0.3, -0.25) is 0 Å². The molecule has 3 aromatic rings. The van der Waals surface area contributed by atoms with Crippen LogP contribution >= 0.6 is 0 Å². The molecule has 5 nitrogen and oxygen atoms in total. The molecule has 134 valence electrons. The van der Waals surface area contributed by atoms with E-state index in [1.807, 2.05) is 36.4 Å². The molecule has 0 bridgehead atoms. The highest BCUT2D eigenvalue weighted by atomic mass is 16.4.